The predicted octanol–water partition coefficient (Wildman–Crippen LogP) is 3.66. The van der Waals surface area contributed by atoms with Gasteiger partial charge in [-0.25, -0.2) is 18.6 Å². The molecule has 2 heterocycles. The van der Waals surface area contributed by atoms with Crippen molar-refractivity contribution < 1.29 is 27.8 Å². The molecule has 1 saturated heterocycles. The molecule has 0 spiro atoms. The average molecular weight is 390 g/mol. The molecule has 0 saturated carbocycles. The minimum absolute atomic E-state index is 0.0661. The summed E-state index contributed by atoms with van der Waals surface area (Å²) in [6.07, 6.45) is 0.604. The number of ether oxygens (including phenoxy) is 2. The summed E-state index contributed by atoms with van der Waals surface area (Å²) in [6, 6.07) is 10.4. The van der Waals surface area contributed by atoms with E-state index in [-0.39, 0.29) is 36.7 Å². The van der Waals surface area contributed by atoms with Crippen molar-refractivity contribution in [3.05, 3.63) is 59.3 Å². The summed E-state index contributed by atoms with van der Waals surface area (Å²) in [7, 11) is 1.34. The minimum atomic E-state index is -3.04. The van der Waals surface area contributed by atoms with Crippen LogP contribution >= 0.6 is 0 Å². The van der Waals surface area contributed by atoms with Gasteiger partial charge < -0.3 is 14.4 Å². The second-order valence-electron chi connectivity index (χ2n) is 6.53. The van der Waals surface area contributed by atoms with Crippen molar-refractivity contribution in [2.75, 3.05) is 20.2 Å². The Kier molecular flexibility index (Phi) is 5.87. The lowest BCUT2D eigenvalue weighted by molar-refractivity contribution is -0.0729. The first-order valence-corrected chi connectivity index (χ1v) is 8.77. The fourth-order valence-electron chi connectivity index (χ4n) is 3.16. The third-order valence-electron chi connectivity index (χ3n) is 4.71. The number of amides is 1. The van der Waals surface area contributed by atoms with Crippen molar-refractivity contribution >= 4 is 12.4 Å². The number of carbonyl (C=O) groups is 2. The molecule has 1 aromatic carbocycles. The van der Waals surface area contributed by atoms with Crippen LogP contribution in [0.2, 0.25) is 0 Å². The fourth-order valence-corrected chi connectivity index (χ4v) is 3.16. The van der Waals surface area contributed by atoms with Gasteiger partial charge in [0.2, 0.25) is 5.88 Å². The maximum Gasteiger partial charge on any atom is 0.410 e. The lowest BCUT2D eigenvalue weighted by Gasteiger charge is -2.38. The first-order chi connectivity index (χ1) is 13.4. The third-order valence-corrected chi connectivity index (χ3v) is 4.71. The summed E-state index contributed by atoms with van der Waals surface area (Å²) >= 11 is 0. The zero-order valence-electron chi connectivity index (χ0n) is 15.3. The smallest absolute Gasteiger partial charge is 0.410 e. The Balaban J connectivity index is 1.74. The molecule has 1 atom stereocenters. The van der Waals surface area contributed by atoms with Crippen LogP contribution in [-0.2, 0) is 11.3 Å². The summed E-state index contributed by atoms with van der Waals surface area (Å²) in [5, 5.41) is 0. The number of alkyl halides is 2. The zero-order valence-corrected chi connectivity index (χ0v) is 15.3. The first kappa shape index (κ1) is 19.7. The number of hydrogen-bond acceptors (Lipinski definition) is 5. The van der Waals surface area contributed by atoms with E-state index in [9.17, 15) is 18.4 Å². The molecule has 3 rings (SSSR count). The molecule has 1 aromatic heterocycles. The van der Waals surface area contributed by atoms with Gasteiger partial charge in [0.25, 0.3) is 5.92 Å². The summed E-state index contributed by atoms with van der Waals surface area (Å²) in [5.41, 5.74) is 1.07. The number of halogens is 2. The molecular weight excluding hydrogens is 370 g/mol. The standard InChI is InChI=1S/C20H20F2N2O4/c1-27-18-16(12-25)9-15(10-23-18)17-11-24(8-7-20(17,21)22)19(26)28-13-14-5-3-2-4-6-14/h2-6,9-10,12,17H,7-8,11,13H2,1H3/t17-/m1/s1. The van der Waals surface area contributed by atoms with E-state index in [0.29, 0.717) is 6.29 Å². The molecule has 1 aliphatic heterocycles. The largest absolute Gasteiger partial charge is 0.480 e. The Labute approximate surface area is 161 Å². The van der Waals surface area contributed by atoms with E-state index >= 15 is 0 Å². The van der Waals surface area contributed by atoms with Crippen molar-refractivity contribution in [2.45, 2.75) is 24.9 Å². The van der Waals surface area contributed by atoms with Gasteiger partial charge in [-0.3, -0.25) is 4.79 Å². The number of likely N-dealkylation sites (tertiary alicyclic amines) is 1. The lowest BCUT2D eigenvalue weighted by Crippen LogP contribution is -2.48. The molecular formula is C20H20F2N2O4. The number of rotatable bonds is 5. The Hall–Kier alpha value is -3.03. The number of nitrogens with zero attached hydrogens (tertiary/aromatic N) is 2. The van der Waals surface area contributed by atoms with E-state index in [1.165, 1.54) is 24.3 Å². The highest BCUT2D eigenvalue weighted by molar-refractivity contribution is 5.78. The number of pyridine rings is 1. The lowest BCUT2D eigenvalue weighted by atomic mass is 9.87. The highest BCUT2D eigenvalue weighted by Crippen LogP contribution is 2.41. The van der Waals surface area contributed by atoms with Gasteiger partial charge in [-0.15, -0.1) is 0 Å². The van der Waals surface area contributed by atoms with Crippen LogP contribution in [0.4, 0.5) is 13.6 Å². The van der Waals surface area contributed by atoms with Gasteiger partial charge in [-0.1, -0.05) is 30.3 Å². The van der Waals surface area contributed by atoms with Crippen LogP contribution in [0.3, 0.4) is 0 Å². The second-order valence-corrected chi connectivity index (χ2v) is 6.53. The van der Waals surface area contributed by atoms with Gasteiger partial charge in [0.05, 0.1) is 18.6 Å². The van der Waals surface area contributed by atoms with Gasteiger partial charge in [0, 0.05) is 25.7 Å². The highest BCUT2D eigenvalue weighted by Gasteiger charge is 2.46. The molecule has 1 fully saturated rings. The quantitative estimate of drug-likeness (QED) is 0.729. The van der Waals surface area contributed by atoms with E-state index < -0.39 is 24.4 Å². The van der Waals surface area contributed by atoms with Gasteiger partial charge in [0.1, 0.15) is 6.61 Å². The monoisotopic (exact) mass is 390 g/mol. The van der Waals surface area contributed by atoms with Crippen LogP contribution < -0.4 is 4.74 Å². The highest BCUT2D eigenvalue weighted by atomic mass is 19.3. The maximum atomic E-state index is 14.5. The van der Waals surface area contributed by atoms with Crippen molar-refractivity contribution in [1.29, 1.82) is 0 Å². The number of aldehydes is 1. The summed E-state index contributed by atoms with van der Waals surface area (Å²) in [6.45, 7) is -0.273. The average Bonchev–Trinajstić information content (AvgIpc) is 2.72. The Bertz CT molecular complexity index is 845. The van der Waals surface area contributed by atoms with E-state index in [4.69, 9.17) is 9.47 Å². The van der Waals surface area contributed by atoms with Gasteiger partial charge in [-0.05, 0) is 17.2 Å². The zero-order chi connectivity index (χ0) is 20.1. The molecule has 0 radical (unpaired) electrons. The van der Waals surface area contributed by atoms with Crippen LogP contribution in [0, 0.1) is 0 Å². The van der Waals surface area contributed by atoms with Gasteiger partial charge in [0.15, 0.2) is 6.29 Å². The molecule has 28 heavy (non-hydrogen) atoms. The topological polar surface area (TPSA) is 68.7 Å². The van der Waals surface area contributed by atoms with E-state index in [1.807, 2.05) is 30.3 Å². The molecule has 0 bridgehead atoms. The number of hydrogen-bond donors (Lipinski definition) is 0. The molecule has 6 nitrogen and oxygen atoms in total. The fraction of sp³-hybridized carbons (Fsp3) is 0.350. The van der Waals surface area contributed by atoms with Crippen LogP contribution in [0.15, 0.2) is 42.6 Å². The number of methoxy groups -OCH3 is 1. The number of piperidine rings is 1. The van der Waals surface area contributed by atoms with E-state index in [1.54, 1.807) is 0 Å². The molecule has 0 aliphatic carbocycles. The van der Waals surface area contributed by atoms with Crippen molar-refractivity contribution in [3.63, 3.8) is 0 Å². The third kappa shape index (κ3) is 4.27. The summed E-state index contributed by atoms with van der Waals surface area (Å²) < 4.78 is 39.3. The maximum absolute atomic E-state index is 14.5. The minimum Gasteiger partial charge on any atom is -0.480 e. The first-order valence-electron chi connectivity index (χ1n) is 8.77. The molecule has 2 aromatic rings. The normalized spacial score (nSPS) is 18.4. The van der Waals surface area contributed by atoms with Gasteiger partial charge in [-0.2, -0.15) is 0 Å². The van der Waals surface area contributed by atoms with Gasteiger partial charge >= 0.3 is 6.09 Å². The van der Waals surface area contributed by atoms with E-state index in [2.05, 4.69) is 4.98 Å². The Morgan fingerprint density at radius 1 is 1.36 bits per heavy atom. The Morgan fingerprint density at radius 2 is 2.11 bits per heavy atom. The number of carbonyl (C=O) groups excluding carboxylic acids is 2. The number of benzene rings is 1. The summed E-state index contributed by atoms with van der Waals surface area (Å²) in [5.74, 6) is -4.26. The molecule has 0 N–H and O–H groups in total. The SMILES string of the molecule is COc1ncc([C@H]2CN(C(=O)OCc3ccccc3)CCC2(F)F)cc1C=O. The molecule has 1 amide bonds. The van der Waals surface area contributed by atoms with Crippen LogP contribution in [0.25, 0.3) is 0 Å². The molecule has 1 aliphatic rings. The van der Waals surface area contributed by atoms with Crippen LogP contribution in [0.5, 0.6) is 5.88 Å². The van der Waals surface area contributed by atoms with Crippen molar-refractivity contribution in [2.24, 2.45) is 0 Å². The Morgan fingerprint density at radius 3 is 2.79 bits per heavy atom. The summed E-state index contributed by atoms with van der Waals surface area (Å²) in [4.78, 5) is 28.7. The van der Waals surface area contributed by atoms with Crippen LogP contribution in [-0.4, -0.2) is 48.4 Å². The van der Waals surface area contributed by atoms with Crippen molar-refractivity contribution in [3.8, 4) is 5.88 Å². The van der Waals surface area contributed by atoms with Crippen molar-refractivity contribution in [1.82, 2.24) is 9.88 Å². The predicted molar refractivity (Wildman–Crippen MR) is 96.7 cm³/mol. The molecule has 148 valence electrons. The molecule has 0 unspecified atom stereocenters. The molecule has 8 heteroatoms. The number of aromatic nitrogens is 1. The second kappa shape index (κ2) is 8.33. The van der Waals surface area contributed by atoms with E-state index in [0.717, 1.165) is 5.56 Å². The van der Waals surface area contributed by atoms with Crippen LogP contribution in [0.1, 0.15) is 33.8 Å².